The van der Waals surface area contributed by atoms with Crippen molar-refractivity contribution in [3.63, 3.8) is 0 Å². The van der Waals surface area contributed by atoms with E-state index in [1.807, 2.05) is 6.08 Å². The molecular formula is C38H69O10P. The van der Waals surface area contributed by atoms with Crippen molar-refractivity contribution >= 4 is 19.8 Å². The average molecular weight is 717 g/mol. The van der Waals surface area contributed by atoms with Crippen LogP contribution in [0.1, 0.15) is 155 Å². The molecule has 1 unspecified atom stereocenters. The smallest absolute Gasteiger partial charge is 0.462 e. The lowest BCUT2D eigenvalue weighted by Crippen LogP contribution is -2.29. The number of aliphatic hydroxyl groups excluding tert-OH is 2. The maximum atomic E-state index is 12.4. The molecule has 0 saturated carbocycles. The van der Waals surface area contributed by atoms with E-state index in [0.717, 1.165) is 51.4 Å². The van der Waals surface area contributed by atoms with Gasteiger partial charge >= 0.3 is 19.8 Å². The summed E-state index contributed by atoms with van der Waals surface area (Å²) in [5, 5.41) is 18.2. The number of ether oxygens (including phenoxy) is 2. The molecule has 0 aromatic heterocycles. The van der Waals surface area contributed by atoms with Crippen molar-refractivity contribution in [3.8, 4) is 0 Å². The molecule has 286 valence electrons. The quantitative estimate of drug-likeness (QED) is 0.0145. The molecular weight excluding hydrogens is 647 g/mol. The van der Waals surface area contributed by atoms with Crippen LogP contribution in [0.25, 0.3) is 0 Å². The number of carbonyl (C=O) groups is 2. The van der Waals surface area contributed by atoms with Crippen molar-refractivity contribution in [1.82, 2.24) is 0 Å². The Morgan fingerprint density at radius 3 is 1.76 bits per heavy atom. The number of unbranched alkanes of at least 4 members (excludes halogenated alkanes) is 18. The Hall–Kier alpha value is -1.81. The van der Waals surface area contributed by atoms with Crippen molar-refractivity contribution in [2.24, 2.45) is 0 Å². The molecule has 0 aromatic carbocycles. The first-order valence-corrected chi connectivity index (χ1v) is 20.5. The molecule has 11 heteroatoms. The number of phosphoric acid groups is 1. The zero-order chi connectivity index (χ0) is 36.3. The maximum Gasteiger partial charge on any atom is 0.472 e. The minimum atomic E-state index is -4.64. The summed E-state index contributed by atoms with van der Waals surface area (Å²) in [6.45, 7) is 2.18. The highest BCUT2D eigenvalue weighted by molar-refractivity contribution is 7.47. The van der Waals surface area contributed by atoms with Gasteiger partial charge in [0.05, 0.1) is 19.8 Å². The second-order valence-corrected chi connectivity index (χ2v) is 14.1. The molecule has 0 aliphatic carbocycles. The molecule has 0 fully saturated rings. The van der Waals surface area contributed by atoms with Crippen LogP contribution in [0.2, 0.25) is 0 Å². The first kappa shape index (κ1) is 47.2. The number of allylic oxidation sites excluding steroid dienone is 5. The minimum absolute atomic E-state index is 0.211. The van der Waals surface area contributed by atoms with Gasteiger partial charge in [0.2, 0.25) is 0 Å². The molecule has 0 heterocycles. The Labute approximate surface area is 297 Å². The summed E-state index contributed by atoms with van der Waals surface area (Å²) in [4.78, 5) is 34.6. The normalized spacial score (nSPS) is 14.5. The van der Waals surface area contributed by atoms with Crippen molar-refractivity contribution in [3.05, 3.63) is 36.5 Å². The Bertz CT molecular complexity index is 920. The lowest BCUT2D eigenvalue weighted by Gasteiger charge is -2.19. The van der Waals surface area contributed by atoms with Crippen LogP contribution >= 0.6 is 7.82 Å². The topological polar surface area (TPSA) is 149 Å². The van der Waals surface area contributed by atoms with Gasteiger partial charge in [0.15, 0.2) is 6.10 Å². The summed E-state index contributed by atoms with van der Waals surface area (Å²) in [6.07, 6.45) is 33.2. The standard InChI is InChI=1S/C38H69O10P/c1-3-5-7-9-11-13-15-16-17-18-20-22-24-26-28-30-38(42)48-36(34-47-49(43,44)46-32-35(40)31-39)33-45-37(41)29-27-25-23-21-19-14-12-10-8-6-4-2/h10,12,24,26,28,30,35-36,39-40H,3-9,11,13-23,25,27,29,31-34H2,1-2H3,(H,43,44)/b12-10+,26-24+,30-28+/t35-,36+/m0/s1. The van der Waals surface area contributed by atoms with E-state index in [1.165, 1.54) is 83.1 Å². The summed E-state index contributed by atoms with van der Waals surface area (Å²) >= 11 is 0. The third-order valence-corrected chi connectivity index (χ3v) is 8.82. The molecule has 0 radical (unpaired) electrons. The summed E-state index contributed by atoms with van der Waals surface area (Å²) in [7, 11) is -4.64. The summed E-state index contributed by atoms with van der Waals surface area (Å²) in [5.41, 5.74) is 0. The van der Waals surface area contributed by atoms with Gasteiger partial charge in [-0.15, -0.1) is 0 Å². The Balaban J connectivity index is 4.50. The highest BCUT2D eigenvalue weighted by atomic mass is 31.2. The molecule has 0 amide bonds. The fraction of sp³-hybridized carbons (Fsp3) is 0.789. The second-order valence-electron chi connectivity index (χ2n) is 12.7. The van der Waals surface area contributed by atoms with Gasteiger partial charge in [-0.2, -0.15) is 0 Å². The minimum Gasteiger partial charge on any atom is -0.462 e. The molecule has 0 saturated heterocycles. The van der Waals surface area contributed by atoms with Gasteiger partial charge in [-0.1, -0.05) is 141 Å². The van der Waals surface area contributed by atoms with E-state index in [2.05, 4.69) is 30.5 Å². The molecule has 0 rings (SSSR count). The van der Waals surface area contributed by atoms with Gasteiger partial charge in [0.1, 0.15) is 12.7 Å². The van der Waals surface area contributed by atoms with E-state index in [9.17, 15) is 24.2 Å². The molecule has 0 spiro atoms. The van der Waals surface area contributed by atoms with Crippen molar-refractivity contribution in [2.45, 2.75) is 167 Å². The monoisotopic (exact) mass is 716 g/mol. The fourth-order valence-corrected chi connectivity index (χ4v) is 5.67. The van der Waals surface area contributed by atoms with Crippen LogP contribution in [0.15, 0.2) is 36.5 Å². The summed E-state index contributed by atoms with van der Waals surface area (Å²) < 4.78 is 32.3. The molecule has 0 aliphatic rings. The molecule has 0 aliphatic heterocycles. The van der Waals surface area contributed by atoms with E-state index in [0.29, 0.717) is 6.42 Å². The maximum absolute atomic E-state index is 12.4. The largest absolute Gasteiger partial charge is 0.472 e. The SMILES string of the molecule is CCCC/C=C/CCCCCCCC(=O)OC[C@H](COP(=O)(O)OC[C@@H](O)CO)OC(=O)/C=C/C=C/CCCCCCCCCCCCC. The molecule has 10 nitrogen and oxygen atoms in total. The van der Waals surface area contributed by atoms with Crippen LogP contribution in [-0.2, 0) is 32.7 Å². The third kappa shape index (κ3) is 34.4. The summed E-state index contributed by atoms with van der Waals surface area (Å²) in [6, 6.07) is 0. The van der Waals surface area contributed by atoms with Crippen LogP contribution in [-0.4, -0.2) is 65.7 Å². The van der Waals surface area contributed by atoms with Crippen LogP contribution in [0, 0.1) is 0 Å². The average Bonchev–Trinajstić information content (AvgIpc) is 3.09. The van der Waals surface area contributed by atoms with Gasteiger partial charge in [0.25, 0.3) is 0 Å². The lowest BCUT2D eigenvalue weighted by atomic mass is 10.1. The predicted octanol–water partition coefficient (Wildman–Crippen LogP) is 9.22. The number of aliphatic hydroxyl groups is 2. The van der Waals surface area contributed by atoms with Crippen molar-refractivity contribution in [1.29, 1.82) is 0 Å². The number of hydrogen-bond donors (Lipinski definition) is 3. The molecule has 3 N–H and O–H groups in total. The number of carbonyl (C=O) groups excluding carboxylic acids is 2. The highest BCUT2D eigenvalue weighted by Crippen LogP contribution is 2.43. The fourth-order valence-electron chi connectivity index (χ4n) is 4.88. The molecule has 3 atom stereocenters. The number of esters is 2. The molecule has 49 heavy (non-hydrogen) atoms. The van der Waals surface area contributed by atoms with Crippen molar-refractivity contribution < 1.29 is 47.8 Å². The first-order chi connectivity index (χ1) is 23.7. The Kier molecular flexibility index (Phi) is 33.4. The number of hydrogen-bond acceptors (Lipinski definition) is 9. The lowest BCUT2D eigenvalue weighted by molar-refractivity contribution is -0.157. The van der Waals surface area contributed by atoms with E-state index in [4.69, 9.17) is 19.1 Å². The van der Waals surface area contributed by atoms with Crippen LogP contribution in [0.5, 0.6) is 0 Å². The van der Waals surface area contributed by atoms with E-state index in [1.54, 1.807) is 12.2 Å². The third-order valence-electron chi connectivity index (χ3n) is 7.87. The molecule has 0 bridgehead atoms. The Morgan fingerprint density at radius 1 is 0.653 bits per heavy atom. The van der Waals surface area contributed by atoms with Crippen LogP contribution in [0.4, 0.5) is 0 Å². The number of phosphoric ester groups is 1. The Morgan fingerprint density at radius 2 is 1.16 bits per heavy atom. The van der Waals surface area contributed by atoms with E-state index in [-0.39, 0.29) is 13.0 Å². The van der Waals surface area contributed by atoms with Crippen LogP contribution in [0.3, 0.4) is 0 Å². The van der Waals surface area contributed by atoms with Gasteiger partial charge in [-0.05, 0) is 38.5 Å². The van der Waals surface area contributed by atoms with Gasteiger partial charge < -0.3 is 24.6 Å². The van der Waals surface area contributed by atoms with Gasteiger partial charge in [-0.25, -0.2) is 9.36 Å². The zero-order valence-electron chi connectivity index (χ0n) is 30.7. The first-order valence-electron chi connectivity index (χ1n) is 19.0. The van der Waals surface area contributed by atoms with E-state index < -0.39 is 51.8 Å². The van der Waals surface area contributed by atoms with Gasteiger partial charge in [-0.3, -0.25) is 13.8 Å². The molecule has 0 aromatic rings. The second kappa shape index (κ2) is 34.6. The number of rotatable bonds is 35. The van der Waals surface area contributed by atoms with Crippen LogP contribution < -0.4 is 0 Å². The summed E-state index contributed by atoms with van der Waals surface area (Å²) in [5.74, 6) is -1.19. The zero-order valence-corrected chi connectivity index (χ0v) is 31.5. The van der Waals surface area contributed by atoms with Gasteiger partial charge in [0, 0.05) is 12.5 Å². The predicted molar refractivity (Wildman–Crippen MR) is 196 cm³/mol. The van der Waals surface area contributed by atoms with E-state index >= 15 is 0 Å². The van der Waals surface area contributed by atoms with Crippen molar-refractivity contribution in [2.75, 3.05) is 26.4 Å². The highest BCUT2D eigenvalue weighted by Gasteiger charge is 2.26.